The fourth-order valence-electron chi connectivity index (χ4n) is 2.61. The third kappa shape index (κ3) is 2.34. The van der Waals surface area contributed by atoms with Crippen LogP contribution in [0.4, 0.5) is 11.4 Å². The summed E-state index contributed by atoms with van der Waals surface area (Å²) in [6, 6.07) is 13.1. The topological polar surface area (TPSA) is 46.4 Å². The van der Waals surface area contributed by atoms with Gasteiger partial charge in [-0.05, 0) is 29.7 Å². The van der Waals surface area contributed by atoms with Gasteiger partial charge in [0.1, 0.15) is 5.69 Å². The first kappa shape index (κ1) is 12.9. The van der Waals surface area contributed by atoms with Crippen molar-refractivity contribution in [3.8, 4) is 0 Å². The van der Waals surface area contributed by atoms with E-state index >= 15 is 0 Å². The van der Waals surface area contributed by atoms with Crippen molar-refractivity contribution < 1.29 is 4.92 Å². The highest BCUT2D eigenvalue weighted by Crippen LogP contribution is 2.33. The summed E-state index contributed by atoms with van der Waals surface area (Å²) in [5.41, 5.74) is 3.24. The molecule has 102 valence electrons. The van der Waals surface area contributed by atoms with Crippen molar-refractivity contribution in [2.75, 3.05) is 11.4 Å². The van der Waals surface area contributed by atoms with Crippen LogP contribution in [0.2, 0.25) is 5.02 Å². The lowest BCUT2D eigenvalue weighted by atomic mass is 9.99. The lowest BCUT2D eigenvalue weighted by molar-refractivity contribution is -0.384. The summed E-state index contributed by atoms with van der Waals surface area (Å²) in [6.07, 6.45) is 0.899. The van der Waals surface area contributed by atoms with Gasteiger partial charge in [-0.2, -0.15) is 0 Å². The van der Waals surface area contributed by atoms with Gasteiger partial charge in [-0.25, -0.2) is 0 Å². The summed E-state index contributed by atoms with van der Waals surface area (Å²) >= 11 is 5.86. The first-order valence-corrected chi connectivity index (χ1v) is 6.78. The highest BCUT2D eigenvalue weighted by molar-refractivity contribution is 6.30. The number of nitro groups is 1. The van der Waals surface area contributed by atoms with Crippen molar-refractivity contribution in [2.45, 2.75) is 13.0 Å². The minimum Gasteiger partial charge on any atom is -0.361 e. The second kappa shape index (κ2) is 5.13. The molecule has 0 fully saturated rings. The molecule has 2 aromatic rings. The minimum absolute atomic E-state index is 0.0666. The molecule has 0 spiro atoms. The highest BCUT2D eigenvalue weighted by atomic mass is 35.5. The van der Waals surface area contributed by atoms with Crippen LogP contribution < -0.4 is 4.90 Å². The maximum absolute atomic E-state index is 11.2. The molecule has 3 rings (SSSR count). The molecule has 0 amide bonds. The van der Waals surface area contributed by atoms with Gasteiger partial charge in [0, 0.05) is 24.2 Å². The first-order valence-electron chi connectivity index (χ1n) is 6.41. The molecule has 0 N–H and O–H groups in total. The minimum atomic E-state index is -0.373. The molecule has 5 heteroatoms. The second-order valence-corrected chi connectivity index (χ2v) is 5.27. The van der Waals surface area contributed by atoms with E-state index in [0.717, 1.165) is 13.0 Å². The van der Waals surface area contributed by atoms with Crippen molar-refractivity contribution in [1.82, 2.24) is 0 Å². The van der Waals surface area contributed by atoms with Crippen LogP contribution in [0.25, 0.3) is 0 Å². The lowest BCUT2D eigenvalue weighted by Gasteiger charge is -2.30. The number of benzene rings is 2. The molecule has 0 aliphatic carbocycles. The second-order valence-electron chi connectivity index (χ2n) is 4.83. The molecule has 0 unspecified atom stereocenters. The Labute approximate surface area is 121 Å². The maximum Gasteiger partial charge on any atom is 0.294 e. The number of nitrogens with zero attached hydrogens (tertiary/aromatic N) is 2. The average molecular weight is 289 g/mol. The molecule has 2 aromatic carbocycles. The van der Waals surface area contributed by atoms with Gasteiger partial charge in [0.15, 0.2) is 0 Å². The van der Waals surface area contributed by atoms with E-state index in [1.807, 2.05) is 17.0 Å². The zero-order chi connectivity index (χ0) is 14.1. The number of rotatable bonds is 2. The Bertz CT molecular complexity index is 673. The Balaban J connectivity index is 1.97. The molecule has 0 bridgehead atoms. The molecule has 0 saturated carbocycles. The molecule has 0 radical (unpaired) electrons. The number of nitro benzene ring substituents is 1. The van der Waals surface area contributed by atoms with Gasteiger partial charge in [0.05, 0.1) is 4.92 Å². The fourth-order valence-corrected chi connectivity index (χ4v) is 2.78. The molecular weight excluding hydrogens is 276 g/mol. The predicted octanol–water partition coefficient (Wildman–Crippen LogP) is 3.81. The fraction of sp³-hybridized carbons (Fsp3) is 0.200. The van der Waals surface area contributed by atoms with Gasteiger partial charge in [-0.15, -0.1) is 0 Å². The van der Waals surface area contributed by atoms with Crippen LogP contribution in [0, 0.1) is 10.1 Å². The van der Waals surface area contributed by atoms with Gasteiger partial charge in [0.25, 0.3) is 5.69 Å². The van der Waals surface area contributed by atoms with Crippen LogP contribution in [0.15, 0.2) is 42.5 Å². The van der Waals surface area contributed by atoms with E-state index in [1.165, 1.54) is 17.2 Å². The first-order chi connectivity index (χ1) is 9.65. The summed E-state index contributed by atoms with van der Waals surface area (Å²) in [6.45, 7) is 1.47. The van der Waals surface area contributed by atoms with E-state index in [9.17, 15) is 10.1 Å². The largest absolute Gasteiger partial charge is 0.361 e. The SMILES string of the molecule is O=[N+]([O-])c1cc(Cl)ccc1N1CCc2ccccc2C1. The Morgan fingerprint density at radius 1 is 1.15 bits per heavy atom. The number of fused-ring (bicyclic) bond motifs is 1. The van der Waals surface area contributed by atoms with Crippen LogP contribution in [-0.4, -0.2) is 11.5 Å². The molecule has 1 aliphatic rings. The Hall–Kier alpha value is -2.07. The van der Waals surface area contributed by atoms with Crippen LogP contribution in [-0.2, 0) is 13.0 Å². The molecule has 4 nitrogen and oxygen atoms in total. The van der Waals surface area contributed by atoms with E-state index in [4.69, 9.17) is 11.6 Å². The van der Waals surface area contributed by atoms with E-state index in [1.54, 1.807) is 12.1 Å². The Kier molecular flexibility index (Phi) is 3.32. The molecule has 1 aliphatic heterocycles. The van der Waals surface area contributed by atoms with Crippen LogP contribution >= 0.6 is 11.6 Å². The quantitative estimate of drug-likeness (QED) is 0.623. The predicted molar refractivity (Wildman–Crippen MR) is 79.3 cm³/mol. The molecule has 0 saturated heterocycles. The summed E-state index contributed by atoms with van der Waals surface area (Å²) in [7, 11) is 0. The molecule has 20 heavy (non-hydrogen) atoms. The van der Waals surface area contributed by atoms with Gasteiger partial charge in [-0.3, -0.25) is 10.1 Å². The lowest BCUT2D eigenvalue weighted by Crippen LogP contribution is -2.30. The summed E-state index contributed by atoms with van der Waals surface area (Å²) < 4.78 is 0. The zero-order valence-electron chi connectivity index (χ0n) is 10.8. The van der Waals surface area contributed by atoms with Crippen molar-refractivity contribution in [1.29, 1.82) is 0 Å². The van der Waals surface area contributed by atoms with E-state index in [2.05, 4.69) is 12.1 Å². The summed E-state index contributed by atoms with van der Waals surface area (Å²) in [5.74, 6) is 0. The number of halogens is 1. The van der Waals surface area contributed by atoms with Gasteiger partial charge in [0.2, 0.25) is 0 Å². The summed E-state index contributed by atoms with van der Waals surface area (Å²) in [5, 5.41) is 11.6. The van der Waals surface area contributed by atoms with E-state index in [0.29, 0.717) is 17.3 Å². The van der Waals surface area contributed by atoms with Crippen LogP contribution in [0.5, 0.6) is 0 Å². The normalized spacial score (nSPS) is 13.9. The van der Waals surface area contributed by atoms with Gasteiger partial charge >= 0.3 is 0 Å². The van der Waals surface area contributed by atoms with Crippen LogP contribution in [0.1, 0.15) is 11.1 Å². The molecule has 0 atom stereocenters. The standard InChI is InChI=1S/C15H13ClN2O2/c16-13-5-6-14(15(9-13)18(19)20)17-8-7-11-3-1-2-4-12(11)10-17/h1-6,9H,7-8,10H2. The van der Waals surface area contributed by atoms with Gasteiger partial charge < -0.3 is 4.90 Å². The van der Waals surface area contributed by atoms with Crippen molar-refractivity contribution >= 4 is 23.0 Å². The Morgan fingerprint density at radius 3 is 2.65 bits per heavy atom. The highest BCUT2D eigenvalue weighted by Gasteiger charge is 2.23. The summed E-state index contributed by atoms with van der Waals surface area (Å²) in [4.78, 5) is 12.8. The van der Waals surface area contributed by atoms with Crippen LogP contribution in [0.3, 0.4) is 0 Å². The molecular formula is C15H13ClN2O2. The molecule has 0 aromatic heterocycles. The number of anilines is 1. The number of hydrogen-bond acceptors (Lipinski definition) is 3. The van der Waals surface area contributed by atoms with E-state index in [-0.39, 0.29) is 10.6 Å². The van der Waals surface area contributed by atoms with E-state index < -0.39 is 0 Å². The van der Waals surface area contributed by atoms with Crippen molar-refractivity contribution in [2.24, 2.45) is 0 Å². The van der Waals surface area contributed by atoms with Crippen molar-refractivity contribution in [3.05, 3.63) is 68.7 Å². The number of hydrogen-bond donors (Lipinski definition) is 0. The zero-order valence-corrected chi connectivity index (χ0v) is 11.5. The smallest absolute Gasteiger partial charge is 0.294 e. The van der Waals surface area contributed by atoms with Crippen molar-refractivity contribution in [3.63, 3.8) is 0 Å². The maximum atomic E-state index is 11.2. The molecule has 1 heterocycles. The third-order valence-electron chi connectivity index (χ3n) is 3.61. The average Bonchev–Trinajstić information content (AvgIpc) is 2.46. The Morgan fingerprint density at radius 2 is 1.90 bits per heavy atom. The monoisotopic (exact) mass is 288 g/mol. The third-order valence-corrected chi connectivity index (χ3v) is 3.84. The van der Waals surface area contributed by atoms with Gasteiger partial charge in [-0.1, -0.05) is 35.9 Å².